The Kier molecular flexibility index (Phi) is 6.80. The smallest absolute Gasteiger partial charge is 0.261 e. The van der Waals surface area contributed by atoms with Crippen LogP contribution in [0.15, 0.2) is 53.4 Å². The van der Waals surface area contributed by atoms with Gasteiger partial charge < -0.3 is 11.1 Å². The molecule has 0 saturated heterocycles. The Bertz CT molecular complexity index is 902. The number of anilines is 1. The Balaban J connectivity index is 0.00000261. The monoisotopic (exact) mass is 413 g/mol. The zero-order valence-electron chi connectivity index (χ0n) is 14.4. The van der Waals surface area contributed by atoms with Crippen molar-refractivity contribution in [3.05, 3.63) is 59.9 Å². The number of carbonyl (C=O) groups excluding carboxylic acids is 1. The van der Waals surface area contributed by atoms with Crippen LogP contribution < -0.4 is 15.8 Å². The highest BCUT2D eigenvalue weighted by Crippen LogP contribution is 2.31. The lowest BCUT2D eigenvalue weighted by atomic mass is 10.2. The number of nitrogens with two attached hydrogens (primary N) is 1. The Morgan fingerprint density at radius 2 is 1.85 bits per heavy atom. The van der Waals surface area contributed by atoms with Crippen LogP contribution >= 0.6 is 12.4 Å². The summed E-state index contributed by atoms with van der Waals surface area (Å²) in [6.45, 7) is 0.355. The minimum Gasteiger partial charge on any atom is -0.350 e. The summed E-state index contributed by atoms with van der Waals surface area (Å²) in [5, 5.41) is 2.73. The van der Waals surface area contributed by atoms with Crippen molar-refractivity contribution in [1.82, 2.24) is 5.32 Å². The Labute approximate surface area is 163 Å². The van der Waals surface area contributed by atoms with E-state index in [9.17, 15) is 17.6 Å². The Morgan fingerprint density at radius 1 is 1.19 bits per heavy atom. The normalized spacial score (nSPS) is 14.7. The van der Waals surface area contributed by atoms with Crippen molar-refractivity contribution < 1.29 is 17.6 Å². The SMILES string of the molecule is Cl.NC(CNC(=O)c1cccc(S(=O)(=O)Nc2ccc(F)cc2)c1)C1CC1. The van der Waals surface area contributed by atoms with Gasteiger partial charge in [0.1, 0.15) is 5.82 Å². The molecule has 1 amide bonds. The highest BCUT2D eigenvalue weighted by molar-refractivity contribution is 7.92. The summed E-state index contributed by atoms with van der Waals surface area (Å²) in [6, 6.07) is 10.6. The van der Waals surface area contributed by atoms with Crippen molar-refractivity contribution in [1.29, 1.82) is 0 Å². The molecule has 0 heterocycles. The van der Waals surface area contributed by atoms with Crippen molar-refractivity contribution in [2.24, 2.45) is 11.7 Å². The fourth-order valence-electron chi connectivity index (χ4n) is 2.54. The van der Waals surface area contributed by atoms with Crippen LogP contribution in [0.4, 0.5) is 10.1 Å². The van der Waals surface area contributed by atoms with Crippen LogP contribution in [-0.2, 0) is 10.0 Å². The van der Waals surface area contributed by atoms with Gasteiger partial charge in [-0.3, -0.25) is 9.52 Å². The van der Waals surface area contributed by atoms with Gasteiger partial charge in [0.15, 0.2) is 0 Å². The molecule has 1 unspecified atom stereocenters. The van der Waals surface area contributed by atoms with E-state index in [1.165, 1.54) is 36.4 Å². The highest BCUT2D eigenvalue weighted by atomic mass is 35.5. The average molecular weight is 414 g/mol. The van der Waals surface area contributed by atoms with E-state index in [0.717, 1.165) is 25.0 Å². The van der Waals surface area contributed by atoms with Crippen LogP contribution in [0.1, 0.15) is 23.2 Å². The van der Waals surface area contributed by atoms with Gasteiger partial charge in [0, 0.05) is 23.8 Å². The predicted octanol–water partition coefficient (Wildman–Crippen LogP) is 2.52. The van der Waals surface area contributed by atoms with Gasteiger partial charge in [-0.1, -0.05) is 6.07 Å². The lowest BCUT2D eigenvalue weighted by Crippen LogP contribution is -2.38. The lowest BCUT2D eigenvalue weighted by molar-refractivity contribution is 0.0950. The maximum absolute atomic E-state index is 12.9. The van der Waals surface area contributed by atoms with E-state index in [1.54, 1.807) is 0 Å². The molecule has 2 aromatic rings. The van der Waals surface area contributed by atoms with Gasteiger partial charge >= 0.3 is 0 Å². The lowest BCUT2D eigenvalue weighted by Gasteiger charge is -2.12. The molecule has 0 radical (unpaired) electrons. The van der Waals surface area contributed by atoms with Gasteiger partial charge in [-0.25, -0.2) is 12.8 Å². The molecular formula is C18H21ClFN3O3S. The molecule has 1 saturated carbocycles. The van der Waals surface area contributed by atoms with Crippen molar-refractivity contribution in [3.8, 4) is 0 Å². The third-order valence-corrected chi connectivity index (χ3v) is 5.61. The number of amides is 1. The molecule has 6 nitrogen and oxygen atoms in total. The number of sulfonamides is 1. The predicted molar refractivity (Wildman–Crippen MR) is 104 cm³/mol. The molecule has 0 aliphatic heterocycles. The van der Waals surface area contributed by atoms with Crippen LogP contribution in [0.3, 0.4) is 0 Å². The summed E-state index contributed by atoms with van der Waals surface area (Å²) in [7, 11) is -3.89. The fourth-order valence-corrected chi connectivity index (χ4v) is 3.64. The van der Waals surface area contributed by atoms with E-state index < -0.39 is 15.8 Å². The molecule has 9 heteroatoms. The molecule has 0 bridgehead atoms. The number of benzene rings is 2. The van der Waals surface area contributed by atoms with E-state index >= 15 is 0 Å². The molecule has 1 atom stereocenters. The topological polar surface area (TPSA) is 101 Å². The van der Waals surface area contributed by atoms with E-state index in [-0.39, 0.29) is 40.5 Å². The molecule has 27 heavy (non-hydrogen) atoms. The molecule has 1 aliphatic carbocycles. The maximum atomic E-state index is 12.9. The third kappa shape index (κ3) is 5.66. The molecule has 0 aromatic heterocycles. The van der Waals surface area contributed by atoms with Gasteiger partial charge in [-0.15, -0.1) is 12.4 Å². The Morgan fingerprint density at radius 3 is 2.48 bits per heavy atom. The Hall–Kier alpha value is -2.16. The highest BCUT2D eigenvalue weighted by Gasteiger charge is 2.28. The first-order chi connectivity index (χ1) is 12.3. The minimum atomic E-state index is -3.89. The first kappa shape index (κ1) is 21.1. The van der Waals surface area contributed by atoms with Crippen LogP contribution in [0.2, 0.25) is 0 Å². The summed E-state index contributed by atoms with van der Waals surface area (Å²) in [4.78, 5) is 12.2. The summed E-state index contributed by atoms with van der Waals surface area (Å²) in [6.07, 6.45) is 2.17. The fraction of sp³-hybridized carbons (Fsp3) is 0.278. The number of halogens is 2. The molecule has 1 fully saturated rings. The second-order valence-corrected chi connectivity index (χ2v) is 8.03. The molecule has 146 valence electrons. The molecular weight excluding hydrogens is 393 g/mol. The van der Waals surface area contributed by atoms with Gasteiger partial charge in [0.05, 0.1) is 4.90 Å². The summed E-state index contributed by atoms with van der Waals surface area (Å²) < 4.78 is 40.2. The third-order valence-electron chi connectivity index (χ3n) is 4.23. The second-order valence-electron chi connectivity index (χ2n) is 6.35. The maximum Gasteiger partial charge on any atom is 0.261 e. The second kappa shape index (κ2) is 8.69. The quantitative estimate of drug-likeness (QED) is 0.649. The first-order valence-electron chi connectivity index (χ1n) is 8.27. The summed E-state index contributed by atoms with van der Waals surface area (Å²) in [5.74, 6) is -0.377. The van der Waals surface area contributed by atoms with Crippen LogP contribution in [0.25, 0.3) is 0 Å². The van der Waals surface area contributed by atoms with Gasteiger partial charge in [-0.2, -0.15) is 0 Å². The van der Waals surface area contributed by atoms with Gasteiger partial charge in [0.2, 0.25) is 0 Å². The van der Waals surface area contributed by atoms with E-state index in [1.807, 2.05) is 0 Å². The van der Waals surface area contributed by atoms with Crippen molar-refractivity contribution in [3.63, 3.8) is 0 Å². The zero-order valence-corrected chi connectivity index (χ0v) is 16.0. The van der Waals surface area contributed by atoms with Crippen LogP contribution in [-0.4, -0.2) is 26.9 Å². The number of hydrogen-bond donors (Lipinski definition) is 3. The molecule has 4 N–H and O–H groups in total. The standard InChI is InChI=1S/C18H20FN3O3S.ClH/c19-14-6-8-15(9-7-14)22-26(24,25)16-3-1-2-13(10-16)18(23)21-11-17(20)12-4-5-12;/h1-3,6-10,12,17,22H,4-5,11,20H2,(H,21,23);1H. The zero-order chi connectivity index (χ0) is 18.7. The number of hydrogen-bond acceptors (Lipinski definition) is 4. The van der Waals surface area contributed by atoms with Gasteiger partial charge in [-0.05, 0) is 61.2 Å². The van der Waals surface area contributed by atoms with E-state index in [4.69, 9.17) is 5.73 Å². The van der Waals surface area contributed by atoms with Crippen molar-refractivity contribution >= 4 is 34.0 Å². The summed E-state index contributed by atoms with van der Waals surface area (Å²) >= 11 is 0. The average Bonchev–Trinajstić information content (AvgIpc) is 3.46. The molecule has 0 spiro atoms. The van der Waals surface area contributed by atoms with Gasteiger partial charge in [0.25, 0.3) is 15.9 Å². The van der Waals surface area contributed by atoms with E-state index in [0.29, 0.717) is 12.5 Å². The summed E-state index contributed by atoms with van der Waals surface area (Å²) in [5.41, 5.74) is 6.42. The number of nitrogens with one attached hydrogen (secondary N) is 2. The number of rotatable bonds is 7. The molecule has 2 aromatic carbocycles. The number of carbonyl (C=O) groups is 1. The van der Waals surface area contributed by atoms with Crippen LogP contribution in [0, 0.1) is 11.7 Å². The van der Waals surface area contributed by atoms with Crippen molar-refractivity contribution in [2.45, 2.75) is 23.8 Å². The van der Waals surface area contributed by atoms with E-state index in [2.05, 4.69) is 10.0 Å². The van der Waals surface area contributed by atoms with Crippen LogP contribution in [0.5, 0.6) is 0 Å². The minimum absolute atomic E-state index is 0. The molecule has 3 rings (SSSR count). The largest absolute Gasteiger partial charge is 0.350 e. The first-order valence-corrected chi connectivity index (χ1v) is 9.76. The molecule has 1 aliphatic rings. The van der Waals surface area contributed by atoms with Crippen molar-refractivity contribution in [2.75, 3.05) is 11.3 Å².